The van der Waals surface area contributed by atoms with Crippen LogP contribution < -0.4 is 0 Å². The largest absolute Gasteiger partial charge is 0.406 e. The van der Waals surface area contributed by atoms with Crippen LogP contribution in [0.5, 0.6) is 0 Å². The molecule has 0 saturated heterocycles. The smallest absolute Gasteiger partial charge is 0.333 e. The second-order valence-electron chi connectivity index (χ2n) is 3.28. The topological polar surface area (TPSA) is 33.2 Å². The van der Waals surface area contributed by atoms with Gasteiger partial charge in [-0.2, -0.15) is 13.2 Å². The molecule has 0 atom stereocenters. The lowest BCUT2D eigenvalue weighted by molar-refractivity contribution is -0.138. The molecule has 0 unspecified atom stereocenters. The van der Waals surface area contributed by atoms with E-state index in [0.717, 1.165) is 19.2 Å². The number of rotatable bonds is 2. The second kappa shape index (κ2) is 5.10. The Morgan fingerprint density at radius 1 is 1.35 bits per heavy atom. The van der Waals surface area contributed by atoms with Gasteiger partial charge in [0.05, 0.1) is 0 Å². The van der Waals surface area contributed by atoms with Crippen LogP contribution in [0.1, 0.15) is 10.4 Å². The highest BCUT2D eigenvalue weighted by Gasteiger charge is 2.31. The van der Waals surface area contributed by atoms with Gasteiger partial charge in [-0.15, -0.1) is 0 Å². The zero-order chi connectivity index (χ0) is 13.2. The highest BCUT2D eigenvalue weighted by atomic mass is 35.5. The van der Waals surface area contributed by atoms with Gasteiger partial charge in [0.25, 0.3) is 5.91 Å². The Morgan fingerprint density at radius 3 is 2.24 bits per heavy atom. The van der Waals surface area contributed by atoms with Crippen molar-refractivity contribution in [3.63, 3.8) is 0 Å². The standard InChI is InChI=1S/C9H7Cl2F3N2O/c1-16(4-9(12,13)14)8(17)5-2-6(10)15-7(11)3-5/h2-3H,4H2,1H3. The summed E-state index contributed by atoms with van der Waals surface area (Å²) < 4.78 is 36.2. The highest BCUT2D eigenvalue weighted by Crippen LogP contribution is 2.19. The number of nitrogens with zero attached hydrogens (tertiary/aromatic N) is 2. The molecule has 1 amide bonds. The van der Waals surface area contributed by atoms with Crippen molar-refractivity contribution in [1.29, 1.82) is 0 Å². The summed E-state index contributed by atoms with van der Waals surface area (Å²) in [6, 6.07) is 2.31. The molecule has 1 aromatic rings. The molecule has 1 heterocycles. The van der Waals surface area contributed by atoms with E-state index in [9.17, 15) is 18.0 Å². The van der Waals surface area contributed by atoms with E-state index in [-0.39, 0.29) is 15.9 Å². The molecule has 1 aromatic heterocycles. The predicted molar refractivity (Wildman–Crippen MR) is 57.3 cm³/mol. The highest BCUT2D eigenvalue weighted by molar-refractivity contribution is 6.33. The Kier molecular flexibility index (Phi) is 4.21. The summed E-state index contributed by atoms with van der Waals surface area (Å²) in [5.74, 6) is -0.825. The van der Waals surface area contributed by atoms with Crippen LogP contribution in [-0.2, 0) is 0 Å². The van der Waals surface area contributed by atoms with Crippen LogP contribution in [0.15, 0.2) is 12.1 Å². The number of carbonyl (C=O) groups is 1. The molecule has 8 heteroatoms. The summed E-state index contributed by atoms with van der Waals surface area (Å²) in [7, 11) is 1.04. The first-order chi connectivity index (χ1) is 7.69. The van der Waals surface area contributed by atoms with Crippen molar-refractivity contribution < 1.29 is 18.0 Å². The van der Waals surface area contributed by atoms with Crippen LogP contribution in [0.25, 0.3) is 0 Å². The minimum Gasteiger partial charge on any atom is -0.333 e. The Morgan fingerprint density at radius 2 is 1.82 bits per heavy atom. The summed E-state index contributed by atoms with van der Waals surface area (Å²) in [6.45, 7) is -1.34. The molecule has 94 valence electrons. The predicted octanol–water partition coefficient (Wildman–Crippen LogP) is 3.02. The van der Waals surface area contributed by atoms with Crippen LogP contribution in [0.4, 0.5) is 13.2 Å². The first kappa shape index (κ1) is 14.1. The van der Waals surface area contributed by atoms with Gasteiger partial charge >= 0.3 is 6.18 Å². The van der Waals surface area contributed by atoms with Crippen LogP contribution in [0, 0.1) is 0 Å². The number of hydrogen-bond donors (Lipinski definition) is 0. The summed E-state index contributed by atoms with van der Waals surface area (Å²) >= 11 is 11.1. The molecule has 0 spiro atoms. The zero-order valence-corrected chi connectivity index (χ0v) is 10.1. The molecule has 0 N–H and O–H groups in total. The van der Waals surface area contributed by atoms with E-state index in [4.69, 9.17) is 23.2 Å². The fourth-order valence-electron chi connectivity index (χ4n) is 1.15. The number of carbonyl (C=O) groups excluding carboxylic acids is 1. The Labute approximate surface area is 105 Å². The Balaban J connectivity index is 2.89. The number of aromatic nitrogens is 1. The van der Waals surface area contributed by atoms with Crippen molar-refractivity contribution >= 4 is 29.1 Å². The van der Waals surface area contributed by atoms with E-state index in [2.05, 4.69) is 4.98 Å². The lowest BCUT2D eigenvalue weighted by Gasteiger charge is -2.18. The maximum absolute atomic E-state index is 12.1. The number of hydrogen-bond acceptors (Lipinski definition) is 2. The van der Waals surface area contributed by atoms with E-state index in [1.54, 1.807) is 0 Å². The number of alkyl halides is 3. The normalized spacial score (nSPS) is 11.4. The minimum absolute atomic E-state index is 0.0400. The van der Waals surface area contributed by atoms with E-state index < -0.39 is 18.6 Å². The first-order valence-corrected chi connectivity index (χ1v) is 5.10. The van der Waals surface area contributed by atoms with E-state index in [1.807, 2.05) is 0 Å². The van der Waals surface area contributed by atoms with Gasteiger partial charge in [-0.05, 0) is 12.1 Å². The Bertz CT molecular complexity index is 416. The molecule has 0 radical (unpaired) electrons. The molecule has 0 fully saturated rings. The van der Waals surface area contributed by atoms with Crippen molar-refractivity contribution in [2.45, 2.75) is 6.18 Å². The van der Waals surface area contributed by atoms with E-state index in [0.29, 0.717) is 4.90 Å². The lowest BCUT2D eigenvalue weighted by atomic mass is 10.2. The number of halogens is 5. The third-order valence-electron chi connectivity index (χ3n) is 1.77. The van der Waals surface area contributed by atoms with E-state index >= 15 is 0 Å². The van der Waals surface area contributed by atoms with Crippen LogP contribution in [0.2, 0.25) is 10.3 Å². The van der Waals surface area contributed by atoms with Crippen molar-refractivity contribution in [2.75, 3.05) is 13.6 Å². The second-order valence-corrected chi connectivity index (χ2v) is 4.05. The summed E-state index contributed by atoms with van der Waals surface area (Å²) in [5, 5.41) is -0.109. The molecule has 0 aromatic carbocycles. The molecule has 17 heavy (non-hydrogen) atoms. The number of amides is 1. The monoisotopic (exact) mass is 286 g/mol. The summed E-state index contributed by atoms with van der Waals surface area (Å²) in [4.78, 5) is 15.7. The maximum atomic E-state index is 12.1. The van der Waals surface area contributed by atoms with E-state index in [1.165, 1.54) is 0 Å². The van der Waals surface area contributed by atoms with Gasteiger partial charge in [0, 0.05) is 12.6 Å². The van der Waals surface area contributed by atoms with Gasteiger partial charge in [-0.3, -0.25) is 4.79 Å². The number of pyridine rings is 1. The molecule has 0 aliphatic heterocycles. The van der Waals surface area contributed by atoms with Crippen LogP contribution >= 0.6 is 23.2 Å². The van der Waals surface area contributed by atoms with Crippen LogP contribution in [0.3, 0.4) is 0 Å². The van der Waals surface area contributed by atoms with Gasteiger partial charge < -0.3 is 4.90 Å². The van der Waals surface area contributed by atoms with Gasteiger partial charge in [0.1, 0.15) is 16.9 Å². The van der Waals surface area contributed by atoms with Crippen molar-refractivity contribution in [2.24, 2.45) is 0 Å². The van der Waals surface area contributed by atoms with Gasteiger partial charge in [0.2, 0.25) is 0 Å². The third kappa shape index (κ3) is 4.40. The lowest BCUT2D eigenvalue weighted by Crippen LogP contribution is -2.35. The third-order valence-corrected chi connectivity index (χ3v) is 2.16. The average Bonchev–Trinajstić information content (AvgIpc) is 2.12. The fraction of sp³-hybridized carbons (Fsp3) is 0.333. The maximum Gasteiger partial charge on any atom is 0.406 e. The van der Waals surface area contributed by atoms with Crippen molar-refractivity contribution in [3.8, 4) is 0 Å². The molecule has 0 aliphatic rings. The quantitative estimate of drug-likeness (QED) is 0.783. The zero-order valence-electron chi connectivity index (χ0n) is 8.55. The van der Waals surface area contributed by atoms with Gasteiger partial charge in [-0.1, -0.05) is 23.2 Å². The minimum atomic E-state index is -4.45. The molecule has 0 aliphatic carbocycles. The summed E-state index contributed by atoms with van der Waals surface area (Å²) in [5.41, 5.74) is -0.0400. The van der Waals surface area contributed by atoms with Crippen molar-refractivity contribution in [1.82, 2.24) is 9.88 Å². The molecular weight excluding hydrogens is 280 g/mol. The summed E-state index contributed by atoms with van der Waals surface area (Å²) in [6.07, 6.45) is -4.45. The molecule has 3 nitrogen and oxygen atoms in total. The Hall–Kier alpha value is -1.01. The molecular formula is C9H7Cl2F3N2O. The van der Waals surface area contributed by atoms with Gasteiger partial charge in [0.15, 0.2) is 0 Å². The first-order valence-electron chi connectivity index (χ1n) is 4.34. The SMILES string of the molecule is CN(CC(F)(F)F)C(=O)c1cc(Cl)nc(Cl)c1. The molecule has 0 bridgehead atoms. The molecule has 1 rings (SSSR count). The molecule has 0 saturated carbocycles. The average molecular weight is 287 g/mol. The van der Waals surface area contributed by atoms with Crippen LogP contribution in [-0.4, -0.2) is 35.6 Å². The fourth-order valence-corrected chi connectivity index (χ4v) is 1.61. The van der Waals surface area contributed by atoms with Crippen molar-refractivity contribution in [3.05, 3.63) is 28.0 Å². The van der Waals surface area contributed by atoms with Gasteiger partial charge in [-0.25, -0.2) is 4.98 Å².